The Morgan fingerprint density at radius 2 is 2.21 bits per heavy atom. The molecule has 0 bridgehead atoms. The molecule has 0 atom stereocenters. The van der Waals surface area contributed by atoms with Crippen molar-refractivity contribution in [3.05, 3.63) is 51.2 Å². The summed E-state index contributed by atoms with van der Waals surface area (Å²) in [6, 6.07) is 3.87. The summed E-state index contributed by atoms with van der Waals surface area (Å²) < 4.78 is 2.00. The molecule has 0 aliphatic carbocycles. The third-order valence-corrected chi connectivity index (χ3v) is 3.14. The van der Waals surface area contributed by atoms with E-state index in [9.17, 15) is 4.79 Å². The van der Waals surface area contributed by atoms with Crippen LogP contribution in [-0.2, 0) is 6.54 Å². The summed E-state index contributed by atoms with van der Waals surface area (Å²) in [4.78, 5) is 20.1. The number of pyridine rings is 1. The summed E-state index contributed by atoms with van der Waals surface area (Å²) in [5, 5.41) is 3.21. The zero-order valence-corrected chi connectivity index (χ0v) is 12.2. The zero-order chi connectivity index (χ0) is 13.7. The van der Waals surface area contributed by atoms with E-state index in [4.69, 9.17) is 0 Å². The predicted molar refractivity (Wildman–Crippen MR) is 78.3 cm³/mol. The van der Waals surface area contributed by atoms with Gasteiger partial charge < -0.3 is 5.32 Å². The molecular formula is C13H15BrN4O. The number of rotatable bonds is 5. The third kappa shape index (κ3) is 3.64. The van der Waals surface area contributed by atoms with Crippen LogP contribution in [0.4, 0.5) is 5.82 Å². The van der Waals surface area contributed by atoms with Crippen LogP contribution in [0.1, 0.15) is 18.9 Å². The molecular weight excluding hydrogens is 308 g/mol. The average Bonchev–Trinajstić information content (AvgIpc) is 2.43. The van der Waals surface area contributed by atoms with Crippen LogP contribution in [0.25, 0.3) is 0 Å². The first-order valence-corrected chi connectivity index (χ1v) is 6.88. The van der Waals surface area contributed by atoms with Crippen molar-refractivity contribution >= 4 is 21.7 Å². The Kier molecular flexibility index (Phi) is 4.68. The van der Waals surface area contributed by atoms with Crippen LogP contribution in [0.15, 0.2) is 40.1 Å². The quantitative estimate of drug-likeness (QED) is 0.917. The Hall–Kier alpha value is -1.69. The second kappa shape index (κ2) is 6.47. The first kappa shape index (κ1) is 13.7. The van der Waals surface area contributed by atoms with Crippen LogP contribution in [0.2, 0.25) is 0 Å². The van der Waals surface area contributed by atoms with Crippen LogP contribution in [0, 0.1) is 0 Å². The van der Waals surface area contributed by atoms with E-state index in [1.54, 1.807) is 10.8 Å². The lowest BCUT2D eigenvalue weighted by molar-refractivity contribution is 0.728. The highest BCUT2D eigenvalue weighted by atomic mass is 79.9. The van der Waals surface area contributed by atoms with Gasteiger partial charge in [-0.05, 0) is 34.0 Å². The molecule has 0 amide bonds. The molecule has 0 radical (unpaired) electrons. The molecule has 19 heavy (non-hydrogen) atoms. The van der Waals surface area contributed by atoms with Crippen molar-refractivity contribution in [2.45, 2.75) is 19.9 Å². The molecule has 2 aromatic rings. The maximum Gasteiger partial charge on any atom is 0.267 e. The molecule has 6 heteroatoms. The predicted octanol–water partition coefficient (Wildman–Crippen LogP) is 2.27. The van der Waals surface area contributed by atoms with E-state index in [-0.39, 0.29) is 5.56 Å². The van der Waals surface area contributed by atoms with Gasteiger partial charge in [0, 0.05) is 18.9 Å². The minimum atomic E-state index is -0.0943. The van der Waals surface area contributed by atoms with Crippen molar-refractivity contribution in [3.8, 4) is 0 Å². The van der Waals surface area contributed by atoms with Crippen molar-refractivity contribution in [2.75, 3.05) is 11.9 Å². The summed E-state index contributed by atoms with van der Waals surface area (Å²) >= 11 is 3.18. The topological polar surface area (TPSA) is 59.8 Å². The largest absolute Gasteiger partial charge is 0.370 e. The van der Waals surface area contributed by atoms with Gasteiger partial charge in [-0.2, -0.15) is 0 Å². The molecule has 0 fully saturated rings. The van der Waals surface area contributed by atoms with Crippen LogP contribution < -0.4 is 10.9 Å². The molecule has 1 N–H and O–H groups in total. The molecule has 0 aromatic carbocycles. The van der Waals surface area contributed by atoms with Gasteiger partial charge in [0.05, 0.1) is 12.9 Å². The molecule has 0 spiro atoms. The maximum absolute atomic E-state index is 11.8. The first-order valence-electron chi connectivity index (χ1n) is 6.09. The molecule has 2 heterocycles. The first-order chi connectivity index (χ1) is 9.20. The van der Waals surface area contributed by atoms with Crippen LogP contribution in [0.3, 0.4) is 0 Å². The highest BCUT2D eigenvalue weighted by Crippen LogP contribution is 2.06. The average molecular weight is 323 g/mol. The number of nitrogens with one attached hydrogen (secondary N) is 1. The minimum Gasteiger partial charge on any atom is -0.370 e. The monoisotopic (exact) mass is 322 g/mol. The number of hydrogen-bond donors (Lipinski definition) is 1. The van der Waals surface area contributed by atoms with Gasteiger partial charge >= 0.3 is 0 Å². The lowest BCUT2D eigenvalue weighted by Gasteiger charge is -2.07. The Morgan fingerprint density at radius 1 is 1.37 bits per heavy atom. The van der Waals surface area contributed by atoms with Gasteiger partial charge in [0.1, 0.15) is 10.3 Å². The molecule has 0 saturated heterocycles. The van der Waals surface area contributed by atoms with Crippen molar-refractivity contribution in [2.24, 2.45) is 0 Å². The molecule has 2 aromatic heterocycles. The van der Waals surface area contributed by atoms with Crippen LogP contribution >= 0.6 is 15.9 Å². The normalized spacial score (nSPS) is 10.4. The molecule has 2 rings (SSSR count). The molecule has 0 aliphatic heterocycles. The van der Waals surface area contributed by atoms with E-state index >= 15 is 0 Å². The van der Waals surface area contributed by atoms with E-state index < -0.39 is 0 Å². The minimum absolute atomic E-state index is 0.0943. The summed E-state index contributed by atoms with van der Waals surface area (Å²) in [6.45, 7) is 3.47. The Balaban J connectivity index is 2.11. The summed E-state index contributed by atoms with van der Waals surface area (Å²) in [5.74, 6) is 0.852. The summed E-state index contributed by atoms with van der Waals surface area (Å²) in [6.07, 6.45) is 5.85. The van der Waals surface area contributed by atoms with Gasteiger partial charge in [-0.25, -0.2) is 9.97 Å². The third-order valence-electron chi connectivity index (χ3n) is 2.59. The number of anilines is 1. The van der Waals surface area contributed by atoms with Crippen LogP contribution in [-0.4, -0.2) is 21.1 Å². The molecule has 0 saturated carbocycles. The number of nitrogens with zero attached hydrogens (tertiary/aromatic N) is 3. The number of halogens is 1. The van der Waals surface area contributed by atoms with Crippen molar-refractivity contribution in [1.29, 1.82) is 0 Å². The van der Waals surface area contributed by atoms with Gasteiger partial charge in [0.25, 0.3) is 5.56 Å². The lowest BCUT2D eigenvalue weighted by atomic mass is 10.3. The van der Waals surface area contributed by atoms with Gasteiger partial charge in [-0.15, -0.1) is 0 Å². The number of hydrogen-bond acceptors (Lipinski definition) is 4. The van der Waals surface area contributed by atoms with E-state index in [0.29, 0.717) is 11.0 Å². The lowest BCUT2D eigenvalue weighted by Crippen LogP contribution is -2.21. The second-order valence-electron chi connectivity index (χ2n) is 4.15. The van der Waals surface area contributed by atoms with Gasteiger partial charge in [-0.1, -0.05) is 13.0 Å². The van der Waals surface area contributed by atoms with Gasteiger partial charge in [0.15, 0.2) is 0 Å². The SMILES string of the molecule is CCCNc1ccc(Cn2cncc(Br)c2=O)cn1. The Morgan fingerprint density at radius 3 is 2.89 bits per heavy atom. The smallest absolute Gasteiger partial charge is 0.267 e. The van der Waals surface area contributed by atoms with Crippen molar-refractivity contribution < 1.29 is 0 Å². The zero-order valence-electron chi connectivity index (χ0n) is 10.6. The van der Waals surface area contributed by atoms with Crippen LogP contribution in [0.5, 0.6) is 0 Å². The van der Waals surface area contributed by atoms with Crippen molar-refractivity contribution in [3.63, 3.8) is 0 Å². The molecule has 0 unspecified atom stereocenters. The van der Waals surface area contributed by atoms with Crippen molar-refractivity contribution in [1.82, 2.24) is 14.5 Å². The highest BCUT2D eigenvalue weighted by Gasteiger charge is 2.02. The maximum atomic E-state index is 11.8. The van der Waals surface area contributed by atoms with E-state index in [1.165, 1.54) is 12.5 Å². The van der Waals surface area contributed by atoms with E-state index in [0.717, 1.165) is 24.3 Å². The number of aromatic nitrogens is 3. The molecule has 5 nitrogen and oxygen atoms in total. The van der Waals surface area contributed by atoms with E-state index in [1.807, 2.05) is 12.1 Å². The fraction of sp³-hybridized carbons (Fsp3) is 0.308. The Labute approximate surface area is 119 Å². The molecule has 100 valence electrons. The van der Waals surface area contributed by atoms with E-state index in [2.05, 4.69) is 38.1 Å². The Bertz CT molecular complexity index is 594. The standard InChI is InChI=1S/C13H15BrN4O/c1-2-5-16-12-4-3-10(6-17-12)8-18-9-15-7-11(14)13(18)19/h3-4,6-7,9H,2,5,8H2,1H3,(H,16,17). The second-order valence-corrected chi connectivity index (χ2v) is 5.01. The fourth-order valence-electron chi connectivity index (χ4n) is 1.61. The van der Waals surface area contributed by atoms with Gasteiger partial charge in [0.2, 0.25) is 0 Å². The van der Waals surface area contributed by atoms with Gasteiger partial charge in [-0.3, -0.25) is 9.36 Å². The summed E-state index contributed by atoms with van der Waals surface area (Å²) in [7, 11) is 0. The molecule has 0 aliphatic rings. The summed E-state index contributed by atoms with van der Waals surface area (Å²) in [5.41, 5.74) is 0.868. The fourth-order valence-corrected chi connectivity index (χ4v) is 1.96. The highest BCUT2D eigenvalue weighted by molar-refractivity contribution is 9.10.